The minimum atomic E-state index is 0.500. The largest absolute Gasteiger partial charge is 0.398 e. The summed E-state index contributed by atoms with van der Waals surface area (Å²) in [5, 5.41) is 17.7. The molecule has 8 nitrogen and oxygen atoms in total. The number of hydrogen-bond acceptors (Lipinski definition) is 7. The van der Waals surface area contributed by atoms with Crippen molar-refractivity contribution in [3.05, 3.63) is 71.2 Å². The Morgan fingerprint density at radius 2 is 2.03 bits per heavy atom. The topological polar surface area (TPSA) is 123 Å². The van der Waals surface area contributed by atoms with E-state index in [1.165, 1.54) is 33.3 Å². The molecule has 0 saturated carbocycles. The van der Waals surface area contributed by atoms with Crippen LogP contribution < -0.4 is 11.5 Å². The van der Waals surface area contributed by atoms with Gasteiger partial charge in [0, 0.05) is 38.1 Å². The van der Waals surface area contributed by atoms with Gasteiger partial charge in [-0.15, -0.1) is 4.80 Å². The summed E-state index contributed by atoms with van der Waals surface area (Å²) in [7, 11) is 0. The van der Waals surface area contributed by atoms with Crippen LogP contribution >= 0.6 is 0 Å². The summed E-state index contributed by atoms with van der Waals surface area (Å²) in [5.74, 6) is 0.572. The lowest BCUT2D eigenvalue weighted by Gasteiger charge is -2.21. The summed E-state index contributed by atoms with van der Waals surface area (Å²) >= 11 is 0. The van der Waals surface area contributed by atoms with Crippen LogP contribution in [-0.2, 0) is 19.4 Å². The summed E-state index contributed by atoms with van der Waals surface area (Å²) in [5.41, 5.74) is 19.3. The minimum absolute atomic E-state index is 0.500. The van der Waals surface area contributed by atoms with Crippen molar-refractivity contribution in [1.29, 1.82) is 5.26 Å². The smallest absolute Gasteiger partial charge is 0.174 e. The van der Waals surface area contributed by atoms with E-state index >= 15 is 0 Å². The molecule has 0 radical (unpaired) electrons. The lowest BCUT2D eigenvalue weighted by molar-refractivity contribution is 0.273. The van der Waals surface area contributed by atoms with E-state index in [-0.39, 0.29) is 0 Å². The second kappa shape index (κ2) is 9.08. The molecule has 1 aromatic carbocycles. The van der Waals surface area contributed by atoms with Gasteiger partial charge in [0.1, 0.15) is 6.07 Å². The molecule has 0 fully saturated rings. The molecule has 0 unspecified atom stereocenters. The number of fused-ring (bicyclic) bond motifs is 1. The first-order valence-electron chi connectivity index (χ1n) is 10.4. The molecule has 4 N–H and O–H groups in total. The van der Waals surface area contributed by atoms with Crippen molar-refractivity contribution in [3.63, 3.8) is 0 Å². The molecular formula is C23H26N8. The molecule has 1 aliphatic carbocycles. The highest BCUT2D eigenvalue weighted by atomic mass is 15.5. The molecule has 3 aromatic rings. The molecule has 8 heteroatoms. The highest BCUT2D eigenvalue weighted by Gasteiger charge is 2.19. The fourth-order valence-corrected chi connectivity index (χ4v) is 3.95. The molecule has 4 rings (SSSR count). The van der Waals surface area contributed by atoms with Crippen LogP contribution in [0, 0.1) is 11.3 Å². The van der Waals surface area contributed by atoms with Crippen LogP contribution in [0.2, 0.25) is 0 Å². The van der Waals surface area contributed by atoms with Gasteiger partial charge in [0.2, 0.25) is 0 Å². The van der Waals surface area contributed by atoms with Crippen LogP contribution in [0.4, 0.5) is 5.69 Å². The maximum atomic E-state index is 8.90. The molecule has 2 aromatic heterocycles. The first-order valence-corrected chi connectivity index (χ1v) is 10.4. The number of hydrogen-bond donors (Lipinski definition) is 2. The summed E-state index contributed by atoms with van der Waals surface area (Å²) < 4.78 is 0. The van der Waals surface area contributed by atoms with Gasteiger partial charge in [0.05, 0.1) is 17.5 Å². The number of nitrogens with zero attached hydrogens (tertiary/aromatic N) is 6. The van der Waals surface area contributed by atoms with Crippen LogP contribution in [0.1, 0.15) is 34.4 Å². The van der Waals surface area contributed by atoms with Crippen LogP contribution in [-0.4, -0.2) is 44.5 Å². The Hall–Kier alpha value is -3.54. The number of rotatable bonds is 8. The van der Waals surface area contributed by atoms with Crippen molar-refractivity contribution in [3.8, 4) is 11.9 Å². The van der Waals surface area contributed by atoms with Gasteiger partial charge in [-0.2, -0.15) is 15.5 Å². The van der Waals surface area contributed by atoms with Crippen LogP contribution in [0.5, 0.6) is 0 Å². The van der Waals surface area contributed by atoms with Crippen molar-refractivity contribution in [2.24, 2.45) is 5.73 Å². The van der Waals surface area contributed by atoms with Crippen LogP contribution in [0.25, 0.3) is 11.4 Å². The number of anilines is 1. The summed E-state index contributed by atoms with van der Waals surface area (Å²) in [6.45, 7) is 6.90. The van der Waals surface area contributed by atoms with E-state index < -0.39 is 0 Å². The molecule has 158 valence electrons. The Bertz CT molecular complexity index is 1120. The zero-order valence-corrected chi connectivity index (χ0v) is 17.5. The Kier molecular flexibility index (Phi) is 6.07. The van der Waals surface area contributed by atoms with Gasteiger partial charge in [-0.1, -0.05) is 18.7 Å². The highest BCUT2D eigenvalue weighted by Crippen LogP contribution is 2.36. The van der Waals surface area contributed by atoms with Gasteiger partial charge >= 0.3 is 0 Å². The van der Waals surface area contributed by atoms with E-state index in [0.717, 1.165) is 43.7 Å². The third kappa shape index (κ3) is 4.48. The van der Waals surface area contributed by atoms with E-state index in [1.807, 2.05) is 0 Å². The number of pyridine rings is 1. The van der Waals surface area contributed by atoms with E-state index in [4.69, 9.17) is 16.7 Å². The van der Waals surface area contributed by atoms with Gasteiger partial charge in [0.25, 0.3) is 0 Å². The monoisotopic (exact) mass is 414 g/mol. The van der Waals surface area contributed by atoms with Crippen molar-refractivity contribution in [2.45, 2.75) is 25.8 Å². The van der Waals surface area contributed by atoms with Gasteiger partial charge in [-0.3, -0.25) is 4.90 Å². The number of nitrogens with two attached hydrogens (primary N) is 2. The number of allylic oxidation sites excluding steroid dienone is 1. The molecule has 0 aliphatic heterocycles. The second-order valence-electron chi connectivity index (χ2n) is 7.73. The summed E-state index contributed by atoms with van der Waals surface area (Å²) in [4.78, 5) is 7.96. The van der Waals surface area contributed by atoms with Crippen molar-refractivity contribution in [1.82, 2.24) is 24.9 Å². The Balaban J connectivity index is 1.42. The fraction of sp³-hybridized carbons (Fsp3) is 0.304. The Morgan fingerprint density at radius 1 is 1.16 bits per heavy atom. The average Bonchev–Trinajstić information content (AvgIpc) is 3.40. The molecule has 0 atom stereocenters. The third-order valence-electron chi connectivity index (χ3n) is 5.65. The lowest BCUT2D eigenvalue weighted by atomic mass is 10.00. The lowest BCUT2D eigenvalue weighted by Crippen LogP contribution is -2.31. The maximum absolute atomic E-state index is 8.90. The first-order chi connectivity index (χ1) is 15.1. The minimum Gasteiger partial charge on any atom is -0.398 e. The first kappa shape index (κ1) is 20.7. The summed E-state index contributed by atoms with van der Waals surface area (Å²) in [6, 6.07) is 9.75. The van der Waals surface area contributed by atoms with Crippen molar-refractivity contribution >= 4 is 11.3 Å². The molecule has 2 heterocycles. The zero-order chi connectivity index (χ0) is 21.8. The van der Waals surface area contributed by atoms with Crippen LogP contribution in [0.15, 0.2) is 43.2 Å². The highest BCUT2D eigenvalue weighted by molar-refractivity contribution is 5.77. The molecule has 1 aliphatic rings. The number of benzene rings is 1. The van der Waals surface area contributed by atoms with Gasteiger partial charge < -0.3 is 11.5 Å². The second-order valence-corrected chi connectivity index (χ2v) is 7.73. The van der Waals surface area contributed by atoms with Crippen molar-refractivity contribution in [2.75, 3.05) is 25.4 Å². The predicted octanol–water partition coefficient (Wildman–Crippen LogP) is 2.08. The third-order valence-corrected chi connectivity index (χ3v) is 5.65. The maximum Gasteiger partial charge on any atom is 0.174 e. The van der Waals surface area contributed by atoms with E-state index in [2.05, 4.69) is 44.9 Å². The van der Waals surface area contributed by atoms with Crippen LogP contribution in [0.3, 0.4) is 0 Å². The molecule has 0 spiro atoms. The van der Waals surface area contributed by atoms with E-state index in [1.54, 1.807) is 18.3 Å². The van der Waals surface area contributed by atoms with Gasteiger partial charge in [-0.25, -0.2) is 4.98 Å². The summed E-state index contributed by atoms with van der Waals surface area (Å²) in [6.07, 6.45) is 6.06. The van der Waals surface area contributed by atoms with Gasteiger partial charge in [0.15, 0.2) is 5.82 Å². The molecule has 0 saturated heterocycles. The Morgan fingerprint density at radius 3 is 2.77 bits per heavy atom. The van der Waals surface area contributed by atoms with E-state index in [0.29, 0.717) is 24.5 Å². The number of nitriles is 1. The van der Waals surface area contributed by atoms with E-state index in [9.17, 15) is 0 Å². The standard InChI is InChI=1S/C23H26N8/c1-16-2-5-21-20(16)6-4-18(23(21)26)8-10-30(11-9-24)15-19-14-28-31(29-19)22-7-3-17(12-25)13-27-22/h3-4,6-7,13-14H,1-2,5,8-11,15,24,26H2. The quantitative estimate of drug-likeness (QED) is 0.541. The fourth-order valence-electron chi connectivity index (χ4n) is 3.95. The van der Waals surface area contributed by atoms with Gasteiger partial charge in [-0.05, 0) is 53.7 Å². The number of aromatic nitrogens is 4. The molecule has 0 amide bonds. The zero-order valence-electron chi connectivity index (χ0n) is 17.5. The Labute approximate surface area is 181 Å². The molecule has 31 heavy (non-hydrogen) atoms. The van der Waals surface area contributed by atoms with Crippen molar-refractivity contribution < 1.29 is 0 Å². The predicted molar refractivity (Wildman–Crippen MR) is 120 cm³/mol. The molecular weight excluding hydrogens is 388 g/mol. The average molecular weight is 415 g/mol. The molecule has 0 bridgehead atoms. The normalized spacial score (nSPS) is 12.9. The number of nitrogen functional groups attached to an aromatic ring is 1. The SMILES string of the molecule is C=C1CCc2c1ccc(CCN(CCN)Cc1cnn(-c3ccc(C#N)cn3)n1)c2N.